The van der Waals surface area contributed by atoms with Crippen molar-refractivity contribution in [1.29, 1.82) is 0 Å². The number of likely N-dealkylation sites (tertiary alicyclic amines) is 1. The average Bonchev–Trinajstić information content (AvgIpc) is 3.70. The highest BCUT2D eigenvalue weighted by Crippen LogP contribution is 2.78. The van der Waals surface area contributed by atoms with Crippen LogP contribution in [0.1, 0.15) is 61.1 Å². The summed E-state index contributed by atoms with van der Waals surface area (Å²) in [7, 11) is 3.66. The van der Waals surface area contributed by atoms with Crippen LogP contribution in [0.15, 0.2) is 36.4 Å². The molecule has 2 aromatic carbocycles. The van der Waals surface area contributed by atoms with Gasteiger partial charge in [-0.3, -0.25) is 9.69 Å². The summed E-state index contributed by atoms with van der Waals surface area (Å²) < 4.78 is 19.8. The van der Waals surface area contributed by atoms with E-state index in [1.165, 1.54) is 42.5 Å². The zero-order valence-electron chi connectivity index (χ0n) is 23.0. The van der Waals surface area contributed by atoms with Crippen LogP contribution in [0.3, 0.4) is 0 Å². The summed E-state index contributed by atoms with van der Waals surface area (Å²) in [5, 5.41) is 3.13. The summed E-state index contributed by atoms with van der Waals surface area (Å²) in [5.41, 5.74) is 10.1. The van der Waals surface area contributed by atoms with Crippen molar-refractivity contribution in [3.63, 3.8) is 0 Å². The number of benzene rings is 2. The van der Waals surface area contributed by atoms with Gasteiger partial charge in [0, 0.05) is 47.7 Å². The molecule has 2 aliphatic heterocycles. The molecule has 0 unspecified atom stereocenters. The lowest BCUT2D eigenvalue weighted by Crippen LogP contribution is -2.80. The number of amides is 1. The molecule has 7 nitrogen and oxygen atoms in total. The zero-order valence-corrected chi connectivity index (χ0v) is 23.0. The number of fused-ring (bicyclic) bond motifs is 2. The number of carbonyl (C=O) groups excluding carboxylic acids is 1. The van der Waals surface area contributed by atoms with Gasteiger partial charge in [0.05, 0.1) is 13.7 Å². The van der Waals surface area contributed by atoms with Crippen LogP contribution in [0.2, 0.25) is 0 Å². The Balaban J connectivity index is 1.27. The highest BCUT2D eigenvalue weighted by atomic mass is 16.6. The van der Waals surface area contributed by atoms with Gasteiger partial charge in [-0.15, -0.1) is 0 Å². The number of methoxy groups -OCH3 is 2. The lowest BCUT2D eigenvalue weighted by molar-refractivity contribution is -0.261. The van der Waals surface area contributed by atoms with E-state index < -0.39 is 5.60 Å². The molecule has 39 heavy (non-hydrogen) atoms. The fraction of sp³-hybridized carbons (Fsp3) is 0.594. The number of piperidine rings is 1. The van der Waals surface area contributed by atoms with Crippen molar-refractivity contribution in [2.75, 3.05) is 39.2 Å². The van der Waals surface area contributed by atoms with Crippen molar-refractivity contribution >= 4 is 11.6 Å². The van der Waals surface area contributed by atoms with Gasteiger partial charge in [0.25, 0.3) is 0 Å². The van der Waals surface area contributed by atoms with Crippen LogP contribution in [-0.4, -0.2) is 62.4 Å². The minimum Gasteiger partial charge on any atom is -0.493 e. The molecule has 0 aromatic heterocycles. The van der Waals surface area contributed by atoms with Crippen LogP contribution in [0.5, 0.6) is 11.5 Å². The quantitative estimate of drug-likeness (QED) is 0.538. The molecule has 7 aliphatic rings. The number of ether oxygens (including phenoxy) is 3. The lowest BCUT2D eigenvalue weighted by Gasteiger charge is -2.74. The number of nitrogens with one attached hydrogen (secondary N) is 1. The van der Waals surface area contributed by atoms with Crippen molar-refractivity contribution in [2.45, 2.75) is 74.0 Å². The SMILES string of the molecule is COc1ccc2c3c1O[C@H]1[C@@]4(OC)CC[C@@]5(C[C@@H]4c4ccc(NCC(N)=O)cc4)[C@@H](C2)N(CC2CC2)CC[C@]315. The molecule has 1 saturated heterocycles. The van der Waals surface area contributed by atoms with Crippen molar-refractivity contribution in [1.82, 2.24) is 4.90 Å². The molecular weight excluding hydrogens is 490 g/mol. The minimum atomic E-state index is -0.411. The van der Waals surface area contributed by atoms with E-state index in [0.29, 0.717) is 6.04 Å². The molecule has 7 heteroatoms. The van der Waals surface area contributed by atoms with Crippen LogP contribution < -0.4 is 20.5 Å². The number of hydrogen-bond donors (Lipinski definition) is 2. The van der Waals surface area contributed by atoms with Crippen molar-refractivity contribution in [2.24, 2.45) is 17.1 Å². The first-order chi connectivity index (χ1) is 19.0. The Hall–Kier alpha value is -2.77. The summed E-state index contributed by atoms with van der Waals surface area (Å²) in [4.78, 5) is 14.2. The van der Waals surface area contributed by atoms with E-state index in [-0.39, 0.29) is 35.3 Å². The van der Waals surface area contributed by atoms with E-state index >= 15 is 0 Å². The van der Waals surface area contributed by atoms with Crippen LogP contribution >= 0.6 is 0 Å². The number of anilines is 1. The fourth-order valence-electron chi connectivity index (χ4n) is 9.96. The van der Waals surface area contributed by atoms with Crippen LogP contribution in [0, 0.1) is 11.3 Å². The van der Waals surface area contributed by atoms with E-state index in [1.807, 2.05) is 7.11 Å². The zero-order chi connectivity index (χ0) is 26.6. The second kappa shape index (κ2) is 8.14. The van der Waals surface area contributed by atoms with E-state index in [9.17, 15) is 4.79 Å². The second-order valence-electron chi connectivity index (χ2n) is 13.0. The third-order valence-electron chi connectivity index (χ3n) is 11.6. The standard InChI is InChI=1S/C32H39N3O4/c1-37-24-10-7-21-15-25-30-11-12-32(38-2,23(16-30)20-5-8-22(9-6-20)34-17-26(33)36)29-31(30,27(21)28(24)39-29)13-14-35(25)18-19-3-4-19/h5-10,19,23,25,29,34H,3-4,11-18H2,1-2H3,(H2,33,36)/t23-,25-,29-,30-,31+,32-/m1/s1. The van der Waals surface area contributed by atoms with Gasteiger partial charge in [0.15, 0.2) is 11.5 Å². The topological polar surface area (TPSA) is 86.0 Å². The summed E-state index contributed by atoms with van der Waals surface area (Å²) in [5.74, 6) is 2.58. The maximum absolute atomic E-state index is 11.3. The molecule has 1 amide bonds. The second-order valence-corrected chi connectivity index (χ2v) is 13.0. The Kier molecular flexibility index (Phi) is 5.02. The van der Waals surface area contributed by atoms with Gasteiger partial charge in [0.1, 0.15) is 11.7 Å². The van der Waals surface area contributed by atoms with E-state index in [0.717, 1.165) is 55.3 Å². The van der Waals surface area contributed by atoms with E-state index in [4.69, 9.17) is 19.9 Å². The molecule has 2 heterocycles. The molecule has 4 bridgehead atoms. The molecule has 5 fully saturated rings. The smallest absolute Gasteiger partial charge is 0.236 e. The maximum atomic E-state index is 11.3. The number of hydrogen-bond acceptors (Lipinski definition) is 6. The van der Waals surface area contributed by atoms with Crippen LogP contribution in [0.25, 0.3) is 0 Å². The van der Waals surface area contributed by atoms with Gasteiger partial charge in [-0.25, -0.2) is 0 Å². The Morgan fingerprint density at radius 1 is 1.13 bits per heavy atom. The Bertz CT molecular complexity index is 1340. The van der Waals surface area contributed by atoms with Gasteiger partial charge in [-0.1, -0.05) is 18.2 Å². The summed E-state index contributed by atoms with van der Waals surface area (Å²) in [6.07, 6.45) is 8.25. The van der Waals surface area contributed by atoms with Gasteiger partial charge < -0.3 is 25.3 Å². The lowest BCUT2D eigenvalue weighted by atomic mass is 9.34. The summed E-state index contributed by atoms with van der Waals surface area (Å²) >= 11 is 0. The average molecular weight is 530 g/mol. The minimum absolute atomic E-state index is 0.0360. The Morgan fingerprint density at radius 2 is 1.95 bits per heavy atom. The third kappa shape index (κ3) is 2.98. The number of nitrogens with zero attached hydrogens (tertiary/aromatic N) is 1. The van der Waals surface area contributed by atoms with Crippen LogP contribution in [0.4, 0.5) is 5.69 Å². The normalized spacial score (nSPS) is 37.2. The van der Waals surface area contributed by atoms with Crippen LogP contribution in [-0.2, 0) is 21.4 Å². The predicted molar refractivity (Wildman–Crippen MR) is 148 cm³/mol. The fourth-order valence-corrected chi connectivity index (χ4v) is 9.96. The number of carbonyl (C=O) groups is 1. The first kappa shape index (κ1) is 24.1. The highest BCUT2D eigenvalue weighted by molar-refractivity contribution is 5.78. The third-order valence-corrected chi connectivity index (χ3v) is 11.6. The Labute approximate surface area is 230 Å². The maximum Gasteiger partial charge on any atom is 0.236 e. The largest absolute Gasteiger partial charge is 0.493 e. The molecule has 6 atom stereocenters. The summed E-state index contributed by atoms with van der Waals surface area (Å²) in [6, 6.07) is 13.5. The molecule has 2 spiro atoms. The highest BCUT2D eigenvalue weighted by Gasteiger charge is 2.80. The molecular formula is C32H39N3O4. The molecule has 9 rings (SSSR count). The van der Waals surface area contributed by atoms with Crippen molar-refractivity contribution in [3.8, 4) is 11.5 Å². The summed E-state index contributed by atoms with van der Waals surface area (Å²) in [6.45, 7) is 2.52. The van der Waals surface area contributed by atoms with E-state index in [1.54, 1.807) is 7.11 Å². The molecule has 2 aromatic rings. The first-order valence-electron chi connectivity index (χ1n) is 14.7. The van der Waals surface area contributed by atoms with Crippen molar-refractivity contribution < 1.29 is 19.0 Å². The monoisotopic (exact) mass is 529 g/mol. The molecule has 4 saturated carbocycles. The van der Waals surface area contributed by atoms with Gasteiger partial charge in [0.2, 0.25) is 5.91 Å². The number of rotatable bonds is 8. The van der Waals surface area contributed by atoms with Gasteiger partial charge >= 0.3 is 0 Å². The molecule has 206 valence electrons. The first-order valence-corrected chi connectivity index (χ1v) is 14.7. The van der Waals surface area contributed by atoms with Gasteiger partial charge in [-0.05, 0) is 86.7 Å². The molecule has 5 aliphatic carbocycles. The molecule has 0 radical (unpaired) electrons. The number of primary amides is 1. The van der Waals surface area contributed by atoms with E-state index in [2.05, 4.69) is 46.6 Å². The molecule has 3 N–H and O–H groups in total. The van der Waals surface area contributed by atoms with Gasteiger partial charge in [-0.2, -0.15) is 0 Å². The number of nitrogens with two attached hydrogens (primary N) is 1. The predicted octanol–water partition coefficient (Wildman–Crippen LogP) is 3.98. The van der Waals surface area contributed by atoms with Crippen molar-refractivity contribution in [3.05, 3.63) is 53.1 Å². The Morgan fingerprint density at radius 3 is 2.67 bits per heavy atom.